The normalized spacial score (nSPS) is 59.6. The van der Waals surface area contributed by atoms with Crippen LogP contribution in [0.3, 0.4) is 0 Å². The van der Waals surface area contributed by atoms with Crippen molar-refractivity contribution >= 4 is 5.97 Å². The van der Waals surface area contributed by atoms with Gasteiger partial charge in [0.25, 0.3) is 0 Å². The molecule has 34 atom stereocenters. The van der Waals surface area contributed by atoms with Crippen LogP contribution in [0.5, 0.6) is 0 Å². The second-order valence-electron chi connectivity index (χ2n) is 28.4. The zero-order valence-corrected chi connectivity index (χ0v) is 47.7. The Morgan fingerprint density at radius 3 is 2.06 bits per heavy atom. The Morgan fingerprint density at radius 1 is 0.537 bits per heavy atom. The summed E-state index contributed by atoms with van der Waals surface area (Å²) in [5.74, 6) is -5.68. The van der Waals surface area contributed by atoms with Gasteiger partial charge in [-0.25, -0.2) is 0 Å². The van der Waals surface area contributed by atoms with Crippen molar-refractivity contribution in [2.75, 3.05) is 6.61 Å². The number of fused-ring (bicyclic) bond motifs is 11. The van der Waals surface area contributed by atoms with E-state index in [1.807, 2.05) is 0 Å². The summed E-state index contributed by atoms with van der Waals surface area (Å²) in [5, 5.41) is 43.8. The fourth-order valence-corrected chi connectivity index (χ4v) is 18.9. The summed E-state index contributed by atoms with van der Waals surface area (Å²) in [6.07, 6.45) is -3.21. The van der Waals surface area contributed by atoms with Crippen LogP contribution in [0.2, 0.25) is 0 Å². The lowest BCUT2D eigenvalue weighted by molar-refractivity contribution is -0.369. The fourth-order valence-electron chi connectivity index (χ4n) is 18.9. The molecule has 17 aliphatic rings. The van der Waals surface area contributed by atoms with Crippen molar-refractivity contribution in [3.63, 3.8) is 0 Å². The molecule has 0 radical (unpaired) electrons. The molecular weight excluding hydrogens is 1070 g/mol. The van der Waals surface area contributed by atoms with Crippen LogP contribution in [-0.2, 0) is 80.6 Å². The van der Waals surface area contributed by atoms with Crippen LogP contribution < -0.4 is 0 Å². The summed E-state index contributed by atoms with van der Waals surface area (Å²) >= 11 is 0. The molecule has 17 rings (SSSR count). The Balaban J connectivity index is 0.633. The number of hydrogen-bond acceptors (Lipinski definition) is 21. The van der Waals surface area contributed by atoms with E-state index in [-0.39, 0.29) is 122 Å². The molecule has 17 fully saturated rings. The third kappa shape index (κ3) is 8.87. The summed E-state index contributed by atoms with van der Waals surface area (Å²) in [7, 11) is 0. The predicted octanol–water partition coefficient (Wildman–Crippen LogP) is 3.62. The number of carbonyl (C=O) groups excluding carboxylic acids is 1. The summed E-state index contributed by atoms with van der Waals surface area (Å²) in [6, 6.07) is 0. The van der Waals surface area contributed by atoms with Gasteiger partial charge >= 0.3 is 5.97 Å². The van der Waals surface area contributed by atoms with Gasteiger partial charge in [-0.1, -0.05) is 40.9 Å². The average molecular weight is 1160 g/mol. The van der Waals surface area contributed by atoms with E-state index in [9.17, 15) is 25.2 Å². The van der Waals surface area contributed by atoms with E-state index >= 15 is 0 Å². The van der Waals surface area contributed by atoms with E-state index in [4.69, 9.17) is 75.8 Å². The zero-order chi connectivity index (χ0) is 56.1. The highest BCUT2D eigenvalue weighted by Gasteiger charge is 2.79. The summed E-state index contributed by atoms with van der Waals surface area (Å²) in [6.45, 7) is 17.4. The molecule has 12 bridgehead atoms. The van der Waals surface area contributed by atoms with Crippen molar-refractivity contribution in [1.82, 2.24) is 0 Å². The molecule has 17 aliphatic heterocycles. The summed E-state index contributed by atoms with van der Waals surface area (Å²) in [5.41, 5.74) is 2.01. The molecule has 21 heteroatoms. The van der Waals surface area contributed by atoms with E-state index in [2.05, 4.69) is 40.9 Å². The smallest absolute Gasteiger partial charge is 0.308 e. The highest BCUT2D eigenvalue weighted by atomic mass is 16.8. The Labute approximate surface area is 478 Å². The lowest BCUT2D eigenvalue weighted by Gasteiger charge is -2.54. The summed E-state index contributed by atoms with van der Waals surface area (Å²) < 4.78 is 109. The van der Waals surface area contributed by atoms with Crippen LogP contribution in [0.1, 0.15) is 137 Å². The van der Waals surface area contributed by atoms with E-state index in [1.54, 1.807) is 0 Å². The van der Waals surface area contributed by atoms with Crippen molar-refractivity contribution in [1.29, 1.82) is 0 Å². The minimum absolute atomic E-state index is 0.0316. The van der Waals surface area contributed by atoms with Gasteiger partial charge in [0.05, 0.1) is 123 Å². The highest BCUT2D eigenvalue weighted by Crippen LogP contribution is 2.60. The van der Waals surface area contributed by atoms with E-state index in [0.717, 1.165) is 24.0 Å². The van der Waals surface area contributed by atoms with Crippen molar-refractivity contribution in [2.24, 2.45) is 23.7 Å². The van der Waals surface area contributed by atoms with Crippen LogP contribution in [0.15, 0.2) is 24.3 Å². The Kier molecular flexibility index (Phi) is 13.6. The second-order valence-corrected chi connectivity index (χ2v) is 28.4. The van der Waals surface area contributed by atoms with Gasteiger partial charge in [0.2, 0.25) is 11.6 Å². The molecule has 456 valence electrons. The molecule has 0 aliphatic carbocycles. The predicted molar refractivity (Wildman–Crippen MR) is 279 cm³/mol. The molecule has 3 spiro atoms. The molecule has 0 saturated carbocycles. The molecular formula is C61H86O21. The number of aliphatic hydroxyl groups excluding tert-OH is 3. The maximum Gasteiger partial charge on any atom is 0.308 e. The molecule has 2 unspecified atom stereocenters. The molecule has 4 N–H and O–H groups in total. The third-order valence-electron chi connectivity index (χ3n) is 22.9. The molecule has 0 aromatic carbocycles. The lowest BCUT2D eigenvalue weighted by Crippen LogP contribution is -2.63. The van der Waals surface area contributed by atoms with E-state index < -0.39 is 108 Å². The van der Waals surface area contributed by atoms with Crippen molar-refractivity contribution in [3.8, 4) is 0 Å². The standard InChI is InChI=1S/C61H86O21/c1-25-13-31-7-9-35-26(2)14-33(67-35)11-12-60-57(65)61(66)56(82-60)55-54(81-61)53(80-60)52-36(72-55)10-8-32(69-52)15-47(64)75-51-30(6)50-43(71-42(51)16-37(68-31)29(25)5)19-41-45(74-50)22-59(76-41)23-46-49(79-59)28(4)21-58(78-46)20-27(3)48-44(77-58)18-39-40(73-48)17-38(70-39)34(63)24-62/h25,27-28,30-46,48-57,62-63,65-66H,2,5,7-24H2,1,3-4,6H3/t25-,27+,28+,30+,31+,32-,33+,34+,35+,36+,37-,38+,39-,40-,41-,42+,43+,44+,45-,46+,48+,49+,50+,51-,52+,53+,54+,55-,56?,57+,58-,59-,60-,61?/m1/s1. The van der Waals surface area contributed by atoms with Gasteiger partial charge in [-0.3, -0.25) is 4.79 Å². The van der Waals surface area contributed by atoms with Gasteiger partial charge in [0.1, 0.15) is 42.7 Å². The van der Waals surface area contributed by atoms with E-state index in [1.165, 1.54) is 0 Å². The SMILES string of the molecule is C=C1C[C@@H]2CC[C@]34OC5[C@@H]6O[C@H]7CC[C@H](CC(=O)O[C@@H]8[C@@H](C)[C@@H]9O[C@@H]%10C[C@@]%11(C[C@@H]%12O[C@]%13(C[C@H](C)[C@@H]%14O[C@@H]%15C[C@@H]([C@@H](O)CO)O[C@@H]%15C[C@@H]%14O%13)C[C@H](C)[C@@H]%12O%11)O[C@@H]%10C[C@@H]9O[C@H]8C[C@H]8O[C@@H](CC[C@@H]1O2)C[C@@H](C)C8=C)O[C@@H]7[C@H](O3)[C@@H]6OC5(O)[C@H]4O. The van der Waals surface area contributed by atoms with E-state index in [0.29, 0.717) is 83.5 Å². The van der Waals surface area contributed by atoms with Crippen LogP contribution >= 0.6 is 0 Å². The van der Waals surface area contributed by atoms with Gasteiger partial charge in [-0.15, -0.1) is 0 Å². The first-order chi connectivity index (χ1) is 39.3. The fraction of sp³-hybridized carbons (Fsp3) is 0.918. The Bertz CT molecular complexity index is 2500. The molecule has 82 heavy (non-hydrogen) atoms. The quantitative estimate of drug-likeness (QED) is 0.228. The average Bonchev–Trinajstić information content (AvgIpc) is 2.05. The van der Waals surface area contributed by atoms with Gasteiger partial charge in [-0.2, -0.15) is 0 Å². The molecule has 0 amide bonds. The molecule has 21 nitrogen and oxygen atoms in total. The molecule has 17 heterocycles. The van der Waals surface area contributed by atoms with Crippen molar-refractivity contribution < 1.29 is 101 Å². The van der Waals surface area contributed by atoms with Crippen LogP contribution in [0.25, 0.3) is 0 Å². The molecule has 17 saturated heterocycles. The lowest BCUT2D eigenvalue weighted by atomic mass is 9.78. The van der Waals surface area contributed by atoms with Gasteiger partial charge in [-0.05, 0) is 73.8 Å². The van der Waals surface area contributed by atoms with Gasteiger partial charge in [0, 0.05) is 63.7 Å². The number of esters is 1. The van der Waals surface area contributed by atoms with Crippen molar-refractivity contribution in [2.45, 2.75) is 319 Å². The minimum Gasteiger partial charge on any atom is -0.459 e. The molecule has 0 aromatic heterocycles. The first-order valence-electron chi connectivity index (χ1n) is 31.6. The number of aliphatic hydroxyl groups is 4. The maximum absolute atomic E-state index is 14.6. The second kappa shape index (κ2) is 20.1. The first kappa shape index (κ1) is 55.5. The van der Waals surface area contributed by atoms with Crippen LogP contribution in [0, 0.1) is 23.7 Å². The third-order valence-corrected chi connectivity index (χ3v) is 22.9. The number of rotatable bonds is 2. The topological polar surface area (TPSA) is 246 Å². The number of ether oxygens (including phenoxy) is 16. The Morgan fingerprint density at radius 2 is 1.22 bits per heavy atom. The highest BCUT2D eigenvalue weighted by molar-refractivity contribution is 5.70. The van der Waals surface area contributed by atoms with Gasteiger partial charge in [0.15, 0.2) is 17.7 Å². The first-order valence-corrected chi connectivity index (χ1v) is 31.6. The number of carbonyl (C=O) groups is 1. The summed E-state index contributed by atoms with van der Waals surface area (Å²) in [4.78, 5) is 14.6. The Hall–Kier alpha value is -1.81. The van der Waals surface area contributed by atoms with Crippen molar-refractivity contribution in [3.05, 3.63) is 24.3 Å². The number of hydrogen-bond donors (Lipinski definition) is 4. The van der Waals surface area contributed by atoms with Crippen LogP contribution in [-0.4, -0.2) is 215 Å². The zero-order valence-electron chi connectivity index (χ0n) is 47.7. The molecule has 0 aromatic rings. The maximum atomic E-state index is 14.6. The largest absolute Gasteiger partial charge is 0.459 e. The monoisotopic (exact) mass is 1150 g/mol. The van der Waals surface area contributed by atoms with Crippen LogP contribution in [0.4, 0.5) is 0 Å². The van der Waals surface area contributed by atoms with Gasteiger partial charge < -0.3 is 96.2 Å². The minimum atomic E-state index is -2.03.